The van der Waals surface area contributed by atoms with Crippen LogP contribution in [0.3, 0.4) is 0 Å². The normalized spacial score (nSPS) is 11.0. The van der Waals surface area contributed by atoms with Crippen molar-refractivity contribution in [1.29, 1.82) is 0 Å². The highest BCUT2D eigenvalue weighted by Gasteiger charge is 2.15. The fourth-order valence-corrected chi connectivity index (χ4v) is 3.07. The molecule has 2 aromatic rings. The van der Waals surface area contributed by atoms with Crippen LogP contribution in [0.1, 0.15) is 15.9 Å². The van der Waals surface area contributed by atoms with Crippen LogP contribution in [0.25, 0.3) is 0 Å². The van der Waals surface area contributed by atoms with Gasteiger partial charge in [-0.2, -0.15) is 0 Å². The standard InChI is InChI=1S/C18H20N2O4S/c1-20(12-17(21)19-16-6-4-3-5-7-16)18(22)15-10-8-14(9-11-15)13-25(2,23)24/h3-11H,12-13H2,1-2H3,(H,19,21). The Morgan fingerprint density at radius 3 is 2.16 bits per heavy atom. The van der Waals surface area contributed by atoms with E-state index in [9.17, 15) is 18.0 Å². The second-order valence-corrected chi connectivity index (χ2v) is 7.98. The molecule has 2 rings (SSSR count). The van der Waals surface area contributed by atoms with Crippen molar-refractivity contribution in [3.8, 4) is 0 Å². The molecular weight excluding hydrogens is 340 g/mol. The van der Waals surface area contributed by atoms with Crippen LogP contribution in [0.15, 0.2) is 54.6 Å². The maximum absolute atomic E-state index is 12.4. The summed E-state index contributed by atoms with van der Waals surface area (Å²) in [6.07, 6.45) is 1.16. The van der Waals surface area contributed by atoms with Gasteiger partial charge in [-0.05, 0) is 29.8 Å². The lowest BCUT2D eigenvalue weighted by molar-refractivity contribution is -0.116. The van der Waals surface area contributed by atoms with E-state index in [-0.39, 0.29) is 24.1 Å². The van der Waals surface area contributed by atoms with Crippen LogP contribution in [-0.2, 0) is 20.4 Å². The van der Waals surface area contributed by atoms with Gasteiger partial charge in [0.25, 0.3) is 5.91 Å². The molecule has 132 valence electrons. The number of hydrogen-bond donors (Lipinski definition) is 1. The first kappa shape index (κ1) is 18.7. The third-order valence-electron chi connectivity index (χ3n) is 3.41. The van der Waals surface area contributed by atoms with Crippen LogP contribution in [-0.4, -0.2) is 45.0 Å². The van der Waals surface area contributed by atoms with E-state index in [4.69, 9.17) is 0 Å². The summed E-state index contributed by atoms with van der Waals surface area (Å²) in [6, 6.07) is 15.3. The molecule has 0 spiro atoms. The molecule has 7 heteroatoms. The Morgan fingerprint density at radius 2 is 1.60 bits per heavy atom. The van der Waals surface area contributed by atoms with Crippen molar-refractivity contribution >= 4 is 27.3 Å². The molecule has 0 radical (unpaired) electrons. The number of carbonyl (C=O) groups is 2. The molecule has 2 aromatic carbocycles. The minimum Gasteiger partial charge on any atom is -0.332 e. The Labute approximate surface area is 147 Å². The van der Waals surface area contributed by atoms with Gasteiger partial charge in [0.05, 0.1) is 12.3 Å². The number of hydrogen-bond acceptors (Lipinski definition) is 4. The van der Waals surface area contributed by atoms with Crippen LogP contribution >= 0.6 is 0 Å². The summed E-state index contributed by atoms with van der Waals surface area (Å²) >= 11 is 0. The molecule has 0 aliphatic carbocycles. The summed E-state index contributed by atoms with van der Waals surface area (Å²) < 4.78 is 22.6. The smallest absolute Gasteiger partial charge is 0.254 e. The van der Waals surface area contributed by atoms with Gasteiger partial charge >= 0.3 is 0 Å². The molecule has 0 heterocycles. The Morgan fingerprint density at radius 1 is 1.00 bits per heavy atom. The average Bonchev–Trinajstić information content (AvgIpc) is 2.54. The number of benzene rings is 2. The molecule has 0 aliphatic rings. The third kappa shape index (κ3) is 6.04. The van der Waals surface area contributed by atoms with Crippen LogP contribution in [0.4, 0.5) is 5.69 Å². The molecule has 0 saturated carbocycles. The van der Waals surface area contributed by atoms with Gasteiger partial charge < -0.3 is 10.2 Å². The minimum absolute atomic E-state index is 0.0726. The summed E-state index contributed by atoms with van der Waals surface area (Å²) in [5.74, 6) is -0.679. The monoisotopic (exact) mass is 360 g/mol. The number of rotatable bonds is 6. The van der Waals surface area contributed by atoms with Gasteiger partial charge in [-0.25, -0.2) is 8.42 Å². The zero-order valence-electron chi connectivity index (χ0n) is 14.1. The highest BCUT2D eigenvalue weighted by molar-refractivity contribution is 7.89. The summed E-state index contributed by atoms with van der Waals surface area (Å²) in [5, 5.41) is 2.71. The predicted octanol–water partition coefficient (Wildman–Crippen LogP) is 1.94. The van der Waals surface area contributed by atoms with Crippen molar-refractivity contribution in [3.05, 3.63) is 65.7 Å². The number of anilines is 1. The van der Waals surface area contributed by atoms with Crippen molar-refractivity contribution in [3.63, 3.8) is 0 Å². The Hall–Kier alpha value is -2.67. The summed E-state index contributed by atoms with van der Waals surface area (Å²) in [7, 11) is -1.58. The summed E-state index contributed by atoms with van der Waals surface area (Å²) in [5.41, 5.74) is 1.68. The number of carbonyl (C=O) groups excluding carboxylic acids is 2. The molecule has 0 aromatic heterocycles. The van der Waals surface area contributed by atoms with Crippen molar-refractivity contribution < 1.29 is 18.0 Å². The SMILES string of the molecule is CN(CC(=O)Nc1ccccc1)C(=O)c1ccc(CS(C)(=O)=O)cc1. The van der Waals surface area contributed by atoms with E-state index in [1.165, 1.54) is 11.9 Å². The largest absolute Gasteiger partial charge is 0.332 e. The van der Waals surface area contributed by atoms with Crippen molar-refractivity contribution in [2.45, 2.75) is 5.75 Å². The summed E-state index contributed by atoms with van der Waals surface area (Å²) in [6.45, 7) is -0.0845. The topological polar surface area (TPSA) is 83.6 Å². The van der Waals surface area contributed by atoms with E-state index in [2.05, 4.69) is 5.32 Å². The molecule has 0 unspecified atom stereocenters. The molecule has 6 nitrogen and oxygen atoms in total. The summed E-state index contributed by atoms with van der Waals surface area (Å²) in [4.78, 5) is 25.7. The maximum atomic E-state index is 12.4. The van der Waals surface area contributed by atoms with Crippen molar-refractivity contribution in [2.24, 2.45) is 0 Å². The predicted molar refractivity (Wildman–Crippen MR) is 97.0 cm³/mol. The number of nitrogens with zero attached hydrogens (tertiary/aromatic N) is 1. The van der Waals surface area contributed by atoms with Gasteiger partial charge in [-0.1, -0.05) is 30.3 Å². The number of likely N-dealkylation sites (N-methyl/N-ethyl adjacent to an activating group) is 1. The highest BCUT2D eigenvalue weighted by Crippen LogP contribution is 2.10. The van der Waals surface area contributed by atoms with Crippen LogP contribution < -0.4 is 5.32 Å². The van der Waals surface area contributed by atoms with Crippen LogP contribution in [0.5, 0.6) is 0 Å². The van der Waals surface area contributed by atoms with Crippen molar-refractivity contribution in [2.75, 3.05) is 25.2 Å². The molecule has 0 fully saturated rings. The van der Waals surface area contributed by atoms with E-state index in [1.807, 2.05) is 18.2 Å². The fourth-order valence-electron chi connectivity index (χ4n) is 2.28. The molecule has 0 aliphatic heterocycles. The average molecular weight is 360 g/mol. The number of sulfone groups is 1. The van der Waals surface area contributed by atoms with Gasteiger partial charge in [0, 0.05) is 24.6 Å². The second kappa shape index (κ2) is 7.94. The molecule has 0 atom stereocenters. The van der Waals surface area contributed by atoms with E-state index < -0.39 is 9.84 Å². The quantitative estimate of drug-likeness (QED) is 0.853. The van der Waals surface area contributed by atoms with Gasteiger partial charge in [0.1, 0.15) is 0 Å². The van der Waals surface area contributed by atoms with Gasteiger partial charge in [-0.15, -0.1) is 0 Å². The molecule has 0 bridgehead atoms. The minimum atomic E-state index is -3.12. The highest BCUT2D eigenvalue weighted by atomic mass is 32.2. The Bertz CT molecular complexity index is 846. The van der Waals surface area contributed by atoms with E-state index in [0.717, 1.165) is 6.26 Å². The molecule has 1 N–H and O–H groups in total. The number of para-hydroxylation sites is 1. The third-order valence-corrected chi connectivity index (χ3v) is 4.27. The molecule has 0 saturated heterocycles. The van der Waals surface area contributed by atoms with Gasteiger partial charge in [0.2, 0.25) is 5.91 Å². The first-order chi connectivity index (χ1) is 11.7. The van der Waals surface area contributed by atoms with Gasteiger partial charge in [0.15, 0.2) is 9.84 Å². The zero-order valence-corrected chi connectivity index (χ0v) is 14.9. The fraction of sp³-hybridized carbons (Fsp3) is 0.222. The molecular formula is C18H20N2O4S. The lowest BCUT2D eigenvalue weighted by atomic mass is 10.1. The molecule has 2 amide bonds. The van der Waals surface area contributed by atoms with E-state index >= 15 is 0 Å². The van der Waals surface area contributed by atoms with Gasteiger partial charge in [-0.3, -0.25) is 9.59 Å². The van der Waals surface area contributed by atoms with E-state index in [1.54, 1.807) is 36.4 Å². The maximum Gasteiger partial charge on any atom is 0.254 e. The van der Waals surface area contributed by atoms with Crippen LogP contribution in [0.2, 0.25) is 0 Å². The Balaban J connectivity index is 1.96. The lowest BCUT2D eigenvalue weighted by Crippen LogP contribution is -2.34. The molecule has 25 heavy (non-hydrogen) atoms. The second-order valence-electron chi connectivity index (χ2n) is 5.84. The first-order valence-electron chi connectivity index (χ1n) is 7.61. The van der Waals surface area contributed by atoms with Crippen molar-refractivity contribution in [1.82, 2.24) is 4.90 Å². The lowest BCUT2D eigenvalue weighted by Gasteiger charge is -2.17. The Kier molecular flexibility index (Phi) is 5.93. The first-order valence-corrected chi connectivity index (χ1v) is 9.68. The van der Waals surface area contributed by atoms with E-state index in [0.29, 0.717) is 16.8 Å². The van der Waals surface area contributed by atoms with Crippen LogP contribution in [0, 0.1) is 0 Å². The zero-order chi connectivity index (χ0) is 18.4. The number of amides is 2. The number of nitrogens with one attached hydrogen (secondary N) is 1.